The van der Waals surface area contributed by atoms with Gasteiger partial charge < -0.3 is 4.90 Å². The quantitative estimate of drug-likeness (QED) is 0.689. The zero-order valence-corrected chi connectivity index (χ0v) is 17.0. The Bertz CT molecular complexity index is 1090. The highest BCUT2D eigenvalue weighted by molar-refractivity contribution is 6.30. The maximum atomic E-state index is 13.1. The second-order valence-corrected chi connectivity index (χ2v) is 7.05. The summed E-state index contributed by atoms with van der Waals surface area (Å²) in [4.78, 5) is 41.4. The first-order valence-electron chi connectivity index (χ1n) is 9.48. The van der Waals surface area contributed by atoms with E-state index in [1.165, 1.54) is 17.4 Å². The molecule has 0 saturated carbocycles. The average molecular weight is 423 g/mol. The van der Waals surface area contributed by atoms with Gasteiger partial charge in [-0.05, 0) is 37.3 Å². The summed E-state index contributed by atoms with van der Waals surface area (Å²) in [6.45, 7) is 2.57. The lowest BCUT2D eigenvalue weighted by atomic mass is 10.1. The lowest BCUT2D eigenvalue weighted by molar-refractivity contribution is -0.118. The van der Waals surface area contributed by atoms with E-state index in [1.807, 2.05) is 31.2 Å². The van der Waals surface area contributed by atoms with E-state index in [-0.39, 0.29) is 18.9 Å². The number of nitrogens with one attached hydrogen (secondary N) is 1. The van der Waals surface area contributed by atoms with Crippen LogP contribution in [-0.4, -0.2) is 40.0 Å². The minimum absolute atomic E-state index is 0.0617. The molecule has 3 aromatic rings. The summed E-state index contributed by atoms with van der Waals surface area (Å²) in [5.41, 5.74) is 2.06. The normalized spacial score (nSPS) is 13.6. The van der Waals surface area contributed by atoms with Gasteiger partial charge in [0.1, 0.15) is 12.1 Å². The fourth-order valence-electron chi connectivity index (χ4n) is 3.33. The number of nitrogens with zero attached hydrogens (tertiary/aromatic N) is 5. The Morgan fingerprint density at radius 2 is 2.10 bits per heavy atom. The molecule has 30 heavy (non-hydrogen) atoms. The highest BCUT2D eigenvalue weighted by Gasteiger charge is 2.30. The number of anilines is 3. The highest BCUT2D eigenvalue weighted by Crippen LogP contribution is 2.34. The molecule has 0 spiro atoms. The van der Waals surface area contributed by atoms with Crippen molar-refractivity contribution in [3.05, 3.63) is 60.0 Å². The summed E-state index contributed by atoms with van der Waals surface area (Å²) in [5.74, 6) is 0.714. The number of benzene rings is 1. The van der Waals surface area contributed by atoms with Crippen LogP contribution in [0.2, 0.25) is 5.02 Å². The summed E-state index contributed by atoms with van der Waals surface area (Å²) >= 11 is 6.13. The molecule has 1 aliphatic heterocycles. The van der Waals surface area contributed by atoms with Crippen LogP contribution in [0.15, 0.2) is 55.0 Å². The van der Waals surface area contributed by atoms with Gasteiger partial charge in [-0.1, -0.05) is 23.7 Å². The summed E-state index contributed by atoms with van der Waals surface area (Å²) in [6, 6.07) is 12.1. The van der Waals surface area contributed by atoms with Gasteiger partial charge in [0.2, 0.25) is 5.91 Å². The number of rotatable bonds is 3. The number of aromatic nitrogens is 3. The molecule has 1 aromatic carbocycles. The van der Waals surface area contributed by atoms with Crippen LogP contribution in [0.3, 0.4) is 0 Å². The van der Waals surface area contributed by atoms with Crippen molar-refractivity contribution in [3.63, 3.8) is 0 Å². The van der Waals surface area contributed by atoms with E-state index in [9.17, 15) is 9.59 Å². The molecule has 4 rings (SSSR count). The zero-order chi connectivity index (χ0) is 21.1. The Balaban J connectivity index is 1.77. The van der Waals surface area contributed by atoms with E-state index in [2.05, 4.69) is 15.3 Å². The number of fused-ring (bicyclic) bond motifs is 1. The van der Waals surface area contributed by atoms with E-state index < -0.39 is 6.03 Å². The van der Waals surface area contributed by atoms with Crippen LogP contribution >= 0.6 is 11.6 Å². The van der Waals surface area contributed by atoms with Crippen molar-refractivity contribution >= 4 is 40.9 Å². The smallest absolute Gasteiger partial charge is 0.309 e. The van der Waals surface area contributed by atoms with Crippen LogP contribution < -0.4 is 15.1 Å². The first kappa shape index (κ1) is 19.8. The van der Waals surface area contributed by atoms with Crippen LogP contribution in [0.1, 0.15) is 13.3 Å². The molecular weight excluding hydrogens is 404 g/mol. The van der Waals surface area contributed by atoms with Crippen LogP contribution in [-0.2, 0) is 4.79 Å². The molecule has 0 bridgehead atoms. The number of carbonyl (C=O) groups is 2. The molecule has 2 aromatic heterocycles. The van der Waals surface area contributed by atoms with Gasteiger partial charge in [-0.25, -0.2) is 19.7 Å². The van der Waals surface area contributed by atoms with Crippen molar-refractivity contribution in [2.24, 2.45) is 0 Å². The first-order valence-corrected chi connectivity index (χ1v) is 9.86. The zero-order valence-electron chi connectivity index (χ0n) is 16.2. The summed E-state index contributed by atoms with van der Waals surface area (Å²) in [7, 11) is 0. The molecule has 152 valence electrons. The topological polar surface area (TPSA) is 91.3 Å². The van der Waals surface area contributed by atoms with Crippen LogP contribution in [0.4, 0.5) is 22.1 Å². The number of urea groups is 1. The van der Waals surface area contributed by atoms with Gasteiger partial charge in [0, 0.05) is 36.3 Å². The lowest BCUT2D eigenvalue weighted by Crippen LogP contribution is -2.36. The molecule has 3 heterocycles. The molecule has 8 nitrogen and oxygen atoms in total. The molecule has 0 unspecified atom stereocenters. The van der Waals surface area contributed by atoms with Gasteiger partial charge in [-0.2, -0.15) is 0 Å². The summed E-state index contributed by atoms with van der Waals surface area (Å²) in [5, 5.41) is 3.33. The molecule has 1 aliphatic rings. The largest absolute Gasteiger partial charge is 0.328 e. The molecular formula is C21H19ClN6O2. The molecule has 0 radical (unpaired) electrons. The Hall–Kier alpha value is -3.52. The molecule has 0 saturated heterocycles. The highest BCUT2D eigenvalue weighted by atomic mass is 35.5. The standard InChI is InChI=1S/C21H19ClN6O2/c1-2-27-17-7-6-16(14-4-3-5-15(22)12-14)25-20(17)28(11-9-19(27)29)21(30)26-18-8-10-23-13-24-18/h3-8,10,12-13H,2,9,11H2,1H3,(H,23,24,26,30). The second kappa shape index (κ2) is 8.46. The number of carbonyl (C=O) groups excluding carboxylic acids is 2. The maximum absolute atomic E-state index is 13.1. The van der Waals surface area contributed by atoms with Crippen LogP contribution in [0, 0.1) is 0 Å². The minimum Gasteiger partial charge on any atom is -0.309 e. The van der Waals surface area contributed by atoms with Crippen molar-refractivity contribution in [1.29, 1.82) is 0 Å². The van der Waals surface area contributed by atoms with Crippen molar-refractivity contribution in [3.8, 4) is 11.3 Å². The summed E-state index contributed by atoms with van der Waals surface area (Å²) < 4.78 is 0. The molecule has 9 heteroatoms. The number of halogens is 1. The van der Waals surface area contributed by atoms with Gasteiger partial charge in [-0.3, -0.25) is 15.0 Å². The monoisotopic (exact) mass is 422 g/mol. The minimum atomic E-state index is -0.420. The van der Waals surface area contributed by atoms with E-state index in [0.717, 1.165) is 5.56 Å². The number of hydrogen-bond acceptors (Lipinski definition) is 5. The lowest BCUT2D eigenvalue weighted by Gasteiger charge is -2.24. The Labute approximate surface area is 178 Å². The van der Waals surface area contributed by atoms with Gasteiger partial charge in [-0.15, -0.1) is 0 Å². The van der Waals surface area contributed by atoms with Gasteiger partial charge >= 0.3 is 6.03 Å². The summed E-state index contributed by atoms with van der Waals surface area (Å²) in [6.07, 6.45) is 3.08. The molecule has 1 N–H and O–H groups in total. The van der Waals surface area contributed by atoms with Crippen molar-refractivity contribution in [2.45, 2.75) is 13.3 Å². The number of hydrogen-bond donors (Lipinski definition) is 1. The Morgan fingerprint density at radius 3 is 2.83 bits per heavy atom. The van der Waals surface area contributed by atoms with E-state index in [0.29, 0.717) is 34.6 Å². The maximum Gasteiger partial charge on any atom is 0.328 e. The van der Waals surface area contributed by atoms with Crippen molar-refractivity contribution < 1.29 is 9.59 Å². The van der Waals surface area contributed by atoms with Crippen LogP contribution in [0.5, 0.6) is 0 Å². The average Bonchev–Trinajstić information content (AvgIpc) is 2.89. The predicted octanol–water partition coefficient (Wildman–Crippen LogP) is 3.99. The SMILES string of the molecule is CCN1C(=O)CCN(C(=O)Nc2ccncn2)c2nc(-c3cccc(Cl)c3)ccc21. The first-order chi connectivity index (χ1) is 14.6. The van der Waals surface area contributed by atoms with Crippen molar-refractivity contribution in [2.75, 3.05) is 28.2 Å². The van der Waals surface area contributed by atoms with E-state index >= 15 is 0 Å². The molecule has 3 amide bonds. The molecule has 0 aliphatic carbocycles. The molecule has 0 atom stereocenters. The Morgan fingerprint density at radius 1 is 1.23 bits per heavy atom. The number of amides is 3. The fraction of sp³-hybridized carbons (Fsp3) is 0.190. The van der Waals surface area contributed by atoms with Crippen molar-refractivity contribution in [1.82, 2.24) is 15.0 Å². The van der Waals surface area contributed by atoms with E-state index in [1.54, 1.807) is 23.1 Å². The van der Waals surface area contributed by atoms with Crippen LogP contribution in [0.25, 0.3) is 11.3 Å². The predicted molar refractivity (Wildman–Crippen MR) is 116 cm³/mol. The fourth-order valence-corrected chi connectivity index (χ4v) is 3.52. The third-order valence-electron chi connectivity index (χ3n) is 4.75. The third-order valence-corrected chi connectivity index (χ3v) is 4.99. The van der Waals surface area contributed by atoms with Gasteiger partial charge in [0.25, 0.3) is 0 Å². The number of pyridine rings is 1. The Kier molecular flexibility index (Phi) is 5.58. The third kappa shape index (κ3) is 3.95. The second-order valence-electron chi connectivity index (χ2n) is 6.61. The van der Waals surface area contributed by atoms with Gasteiger partial charge in [0.05, 0.1) is 11.4 Å². The van der Waals surface area contributed by atoms with Gasteiger partial charge in [0.15, 0.2) is 5.82 Å². The van der Waals surface area contributed by atoms with E-state index in [4.69, 9.17) is 16.6 Å². The molecule has 0 fully saturated rings.